The van der Waals surface area contributed by atoms with Gasteiger partial charge >= 0.3 is 0 Å². The first-order valence-corrected chi connectivity index (χ1v) is 6.26. The van der Waals surface area contributed by atoms with Crippen LogP contribution in [0.5, 0.6) is 11.5 Å². The molecule has 19 heavy (non-hydrogen) atoms. The molecule has 1 amide bonds. The Morgan fingerprint density at radius 1 is 1.37 bits per heavy atom. The fourth-order valence-corrected chi connectivity index (χ4v) is 2.31. The first-order valence-electron chi connectivity index (χ1n) is 6.26. The second-order valence-electron chi connectivity index (χ2n) is 4.42. The highest BCUT2D eigenvalue weighted by Crippen LogP contribution is 2.34. The van der Waals surface area contributed by atoms with Crippen LogP contribution in [0, 0.1) is 0 Å². The van der Waals surface area contributed by atoms with Gasteiger partial charge in [0.15, 0.2) is 11.5 Å². The van der Waals surface area contributed by atoms with Gasteiger partial charge < -0.3 is 19.8 Å². The van der Waals surface area contributed by atoms with Gasteiger partial charge in [-0.2, -0.15) is 0 Å². The number of fused-ring (bicyclic) bond motifs is 2. The van der Waals surface area contributed by atoms with E-state index in [9.17, 15) is 4.79 Å². The van der Waals surface area contributed by atoms with Gasteiger partial charge in [-0.3, -0.25) is 4.79 Å². The molecule has 1 aromatic carbocycles. The zero-order valence-corrected chi connectivity index (χ0v) is 10.7. The zero-order valence-electron chi connectivity index (χ0n) is 10.7. The van der Waals surface area contributed by atoms with Crippen molar-refractivity contribution in [2.24, 2.45) is 5.73 Å². The van der Waals surface area contributed by atoms with Crippen molar-refractivity contribution < 1.29 is 14.3 Å². The Hall–Kier alpha value is -2.24. The van der Waals surface area contributed by atoms with E-state index in [-0.39, 0.29) is 12.5 Å². The number of rotatable bonds is 3. The molecule has 1 aliphatic rings. The van der Waals surface area contributed by atoms with Crippen molar-refractivity contribution >= 4 is 16.9 Å². The summed E-state index contributed by atoms with van der Waals surface area (Å²) in [6, 6.07) is 3.71. The molecule has 0 radical (unpaired) electrons. The molecule has 0 atom stereocenters. The summed E-state index contributed by atoms with van der Waals surface area (Å²) in [7, 11) is 0. The van der Waals surface area contributed by atoms with Crippen LogP contribution in [0.1, 0.15) is 12.7 Å². The Balaban J connectivity index is 2.19. The molecular weight excluding hydrogens is 246 g/mol. The van der Waals surface area contributed by atoms with Gasteiger partial charge in [0, 0.05) is 18.6 Å². The van der Waals surface area contributed by atoms with E-state index in [2.05, 4.69) is 4.98 Å². The number of ether oxygens (including phenoxy) is 2. The maximum atomic E-state index is 11.2. The predicted molar refractivity (Wildman–Crippen MR) is 69.3 cm³/mol. The number of carbonyl (C=O) groups excluding carboxylic acids is 1. The quantitative estimate of drug-likeness (QED) is 0.888. The summed E-state index contributed by atoms with van der Waals surface area (Å²) in [6.45, 7) is 3.19. The van der Waals surface area contributed by atoms with Gasteiger partial charge in [-0.1, -0.05) is 6.92 Å². The molecule has 0 saturated carbocycles. The van der Waals surface area contributed by atoms with Crippen LogP contribution in [0.25, 0.3) is 11.0 Å². The van der Waals surface area contributed by atoms with E-state index in [1.807, 2.05) is 23.6 Å². The van der Waals surface area contributed by atoms with Crippen LogP contribution in [0.2, 0.25) is 0 Å². The molecule has 6 nitrogen and oxygen atoms in total. The van der Waals surface area contributed by atoms with Gasteiger partial charge in [0.05, 0.1) is 11.0 Å². The lowest BCUT2D eigenvalue weighted by molar-refractivity contribution is -0.118. The zero-order chi connectivity index (χ0) is 13.4. The van der Waals surface area contributed by atoms with Crippen LogP contribution in [0.15, 0.2) is 12.1 Å². The molecule has 2 aromatic rings. The molecule has 0 saturated heterocycles. The monoisotopic (exact) mass is 261 g/mol. The topological polar surface area (TPSA) is 79.4 Å². The molecular formula is C13H15N3O3. The summed E-state index contributed by atoms with van der Waals surface area (Å²) in [4.78, 5) is 15.7. The number of amides is 1. The number of carbonyl (C=O) groups is 1. The van der Waals surface area contributed by atoms with Crippen molar-refractivity contribution in [1.29, 1.82) is 0 Å². The third kappa shape index (κ3) is 1.99. The van der Waals surface area contributed by atoms with Crippen molar-refractivity contribution in [2.45, 2.75) is 19.9 Å². The van der Waals surface area contributed by atoms with Crippen LogP contribution >= 0.6 is 0 Å². The van der Waals surface area contributed by atoms with Crippen molar-refractivity contribution in [2.75, 3.05) is 13.2 Å². The van der Waals surface area contributed by atoms with Gasteiger partial charge in [-0.15, -0.1) is 0 Å². The normalized spacial score (nSPS) is 13.7. The van der Waals surface area contributed by atoms with Gasteiger partial charge in [0.1, 0.15) is 25.6 Å². The second-order valence-corrected chi connectivity index (χ2v) is 4.42. The Labute approximate surface area is 110 Å². The average molecular weight is 261 g/mol. The minimum atomic E-state index is -0.385. The van der Waals surface area contributed by atoms with E-state index in [0.717, 1.165) is 23.3 Å². The standard InChI is InChI=1S/C13H15N3O3/c1-2-13-15-8-5-10-11(19-4-3-18-10)6-9(8)16(13)7-12(14)17/h5-6H,2-4,7H2,1H3,(H2,14,17). The Bertz CT molecular complexity index is 648. The maximum absolute atomic E-state index is 11.2. The third-order valence-corrected chi connectivity index (χ3v) is 3.12. The second kappa shape index (κ2) is 4.46. The molecule has 0 unspecified atom stereocenters. The number of hydrogen-bond donors (Lipinski definition) is 1. The molecule has 0 aliphatic carbocycles. The van der Waals surface area contributed by atoms with Crippen molar-refractivity contribution in [3.63, 3.8) is 0 Å². The van der Waals surface area contributed by atoms with Crippen molar-refractivity contribution in [3.05, 3.63) is 18.0 Å². The molecule has 3 rings (SSSR count). The predicted octanol–water partition coefficient (Wildman–Crippen LogP) is 0.855. The average Bonchev–Trinajstić information content (AvgIpc) is 2.73. The highest BCUT2D eigenvalue weighted by Gasteiger charge is 2.18. The molecule has 1 aliphatic heterocycles. The van der Waals surface area contributed by atoms with Gasteiger partial charge in [0.25, 0.3) is 0 Å². The molecule has 1 aromatic heterocycles. The fraction of sp³-hybridized carbons (Fsp3) is 0.385. The van der Waals surface area contributed by atoms with Crippen LogP contribution in [0.3, 0.4) is 0 Å². The molecule has 100 valence electrons. The Morgan fingerprint density at radius 2 is 2.05 bits per heavy atom. The number of aromatic nitrogens is 2. The smallest absolute Gasteiger partial charge is 0.237 e. The molecule has 0 spiro atoms. The van der Waals surface area contributed by atoms with Crippen LogP contribution in [-0.2, 0) is 17.8 Å². The number of hydrogen-bond acceptors (Lipinski definition) is 4. The van der Waals surface area contributed by atoms with Gasteiger partial charge in [-0.25, -0.2) is 4.98 Å². The highest BCUT2D eigenvalue weighted by atomic mass is 16.6. The number of imidazole rings is 1. The maximum Gasteiger partial charge on any atom is 0.237 e. The molecule has 0 fully saturated rings. The fourth-order valence-electron chi connectivity index (χ4n) is 2.31. The largest absolute Gasteiger partial charge is 0.486 e. The number of primary amides is 1. The molecule has 6 heteroatoms. The summed E-state index contributed by atoms with van der Waals surface area (Å²) in [5.74, 6) is 1.83. The molecule has 0 bridgehead atoms. The van der Waals surface area contributed by atoms with Gasteiger partial charge in [0.2, 0.25) is 5.91 Å². The number of benzene rings is 1. The van der Waals surface area contributed by atoms with E-state index >= 15 is 0 Å². The third-order valence-electron chi connectivity index (χ3n) is 3.12. The lowest BCUT2D eigenvalue weighted by atomic mass is 10.2. The minimum absolute atomic E-state index is 0.124. The summed E-state index contributed by atoms with van der Waals surface area (Å²) in [5.41, 5.74) is 6.93. The first-order chi connectivity index (χ1) is 9.19. The number of nitrogens with zero attached hydrogens (tertiary/aromatic N) is 2. The van der Waals surface area contributed by atoms with E-state index in [0.29, 0.717) is 24.7 Å². The summed E-state index contributed by atoms with van der Waals surface area (Å²) in [5, 5.41) is 0. The summed E-state index contributed by atoms with van der Waals surface area (Å²) >= 11 is 0. The van der Waals surface area contributed by atoms with E-state index in [1.165, 1.54) is 0 Å². The number of nitrogens with two attached hydrogens (primary N) is 1. The SMILES string of the molecule is CCc1nc2cc3c(cc2n1CC(N)=O)OCCO3. The van der Waals surface area contributed by atoms with Crippen molar-refractivity contribution in [1.82, 2.24) is 9.55 Å². The lowest BCUT2D eigenvalue weighted by Crippen LogP contribution is -2.20. The van der Waals surface area contributed by atoms with E-state index in [4.69, 9.17) is 15.2 Å². The molecule has 2 N–H and O–H groups in total. The van der Waals surface area contributed by atoms with Crippen LogP contribution in [-0.4, -0.2) is 28.7 Å². The summed E-state index contributed by atoms with van der Waals surface area (Å²) in [6.07, 6.45) is 0.730. The Kier molecular flexibility index (Phi) is 2.77. The lowest BCUT2D eigenvalue weighted by Gasteiger charge is -2.18. The minimum Gasteiger partial charge on any atom is -0.486 e. The summed E-state index contributed by atoms with van der Waals surface area (Å²) < 4.78 is 12.9. The first kappa shape index (κ1) is 11.8. The van der Waals surface area contributed by atoms with Crippen molar-refractivity contribution in [3.8, 4) is 11.5 Å². The van der Waals surface area contributed by atoms with Gasteiger partial charge in [-0.05, 0) is 0 Å². The number of aryl methyl sites for hydroxylation is 1. The van der Waals surface area contributed by atoms with Crippen LogP contribution in [0.4, 0.5) is 0 Å². The van der Waals surface area contributed by atoms with E-state index in [1.54, 1.807) is 0 Å². The van der Waals surface area contributed by atoms with Crippen LogP contribution < -0.4 is 15.2 Å². The van der Waals surface area contributed by atoms with E-state index < -0.39 is 0 Å². The highest BCUT2D eigenvalue weighted by molar-refractivity contribution is 5.83. The Morgan fingerprint density at radius 3 is 2.68 bits per heavy atom. The molecule has 2 heterocycles.